The standard InChI is InChI=1S/C21H24F5N5O/c1-12(2)8-17-28-15(13-4-3-7-31(11-13)20(32)19(22)23)10-18(30-17)29-16-9-14(5-6-27-16)21(24,25)26/h5-6,9-10,12-13,19H,3-4,7-8,11H2,1-2H3,(H,27,28,29,30). The van der Waals surface area contributed by atoms with Crippen LogP contribution in [-0.4, -0.2) is 45.3 Å². The van der Waals surface area contributed by atoms with Gasteiger partial charge in [-0.3, -0.25) is 4.79 Å². The highest BCUT2D eigenvalue weighted by Crippen LogP contribution is 2.31. The van der Waals surface area contributed by atoms with Crippen molar-refractivity contribution in [1.82, 2.24) is 19.9 Å². The van der Waals surface area contributed by atoms with E-state index < -0.39 is 24.1 Å². The lowest BCUT2D eigenvalue weighted by Gasteiger charge is -2.32. The lowest BCUT2D eigenvalue weighted by atomic mass is 9.94. The topological polar surface area (TPSA) is 71.0 Å². The van der Waals surface area contributed by atoms with Crippen molar-refractivity contribution in [2.24, 2.45) is 5.92 Å². The van der Waals surface area contributed by atoms with Crippen LogP contribution in [0.5, 0.6) is 0 Å². The summed E-state index contributed by atoms with van der Waals surface area (Å²) in [7, 11) is 0. The molecule has 1 fully saturated rings. The molecule has 174 valence electrons. The molecule has 1 aliphatic heterocycles. The lowest BCUT2D eigenvalue weighted by molar-refractivity contribution is -0.144. The molecule has 32 heavy (non-hydrogen) atoms. The molecule has 0 radical (unpaired) electrons. The fraction of sp³-hybridized carbons (Fsp3) is 0.524. The molecular weight excluding hydrogens is 433 g/mol. The SMILES string of the molecule is CC(C)Cc1nc(Nc2cc(C(F)(F)F)ccn2)cc(C2CCCN(C(=O)C(F)F)C2)n1. The van der Waals surface area contributed by atoms with Crippen LogP contribution in [0.4, 0.5) is 33.6 Å². The van der Waals surface area contributed by atoms with Gasteiger partial charge in [0, 0.05) is 37.7 Å². The van der Waals surface area contributed by atoms with E-state index in [1.165, 1.54) is 0 Å². The minimum absolute atomic E-state index is 0.0295. The van der Waals surface area contributed by atoms with Crippen LogP contribution in [0.15, 0.2) is 24.4 Å². The number of hydrogen-bond donors (Lipinski definition) is 1. The number of halogens is 5. The number of anilines is 2. The second-order valence-electron chi connectivity index (χ2n) is 8.17. The third-order valence-electron chi connectivity index (χ3n) is 5.06. The molecule has 6 nitrogen and oxygen atoms in total. The fourth-order valence-corrected chi connectivity index (χ4v) is 3.61. The quantitative estimate of drug-likeness (QED) is 0.631. The van der Waals surface area contributed by atoms with Gasteiger partial charge in [0.25, 0.3) is 5.91 Å². The van der Waals surface area contributed by atoms with Gasteiger partial charge in [0.2, 0.25) is 0 Å². The normalized spacial score (nSPS) is 17.2. The second kappa shape index (κ2) is 9.74. The molecule has 1 N–H and O–H groups in total. The van der Waals surface area contributed by atoms with E-state index in [9.17, 15) is 26.7 Å². The average molecular weight is 457 g/mol. The first-order chi connectivity index (χ1) is 15.0. The minimum atomic E-state index is -4.51. The molecule has 2 aromatic heterocycles. The first-order valence-electron chi connectivity index (χ1n) is 10.3. The number of carbonyl (C=O) groups is 1. The number of likely N-dealkylation sites (tertiary alicyclic amines) is 1. The zero-order valence-corrected chi connectivity index (χ0v) is 17.7. The van der Waals surface area contributed by atoms with Gasteiger partial charge in [0.1, 0.15) is 17.5 Å². The van der Waals surface area contributed by atoms with Gasteiger partial charge in [-0.05, 0) is 30.9 Å². The average Bonchev–Trinajstić information content (AvgIpc) is 2.72. The molecule has 1 atom stereocenters. The third-order valence-corrected chi connectivity index (χ3v) is 5.06. The van der Waals surface area contributed by atoms with Crippen molar-refractivity contribution in [2.45, 2.75) is 51.6 Å². The highest BCUT2D eigenvalue weighted by atomic mass is 19.4. The zero-order chi connectivity index (χ0) is 23.5. The minimum Gasteiger partial charge on any atom is -0.337 e. The number of carbonyl (C=O) groups excluding carboxylic acids is 1. The number of nitrogens with one attached hydrogen (secondary N) is 1. The highest BCUT2D eigenvalue weighted by Gasteiger charge is 2.32. The predicted octanol–water partition coefficient (Wildman–Crippen LogP) is 4.80. The Hall–Kier alpha value is -2.85. The van der Waals surface area contributed by atoms with Gasteiger partial charge in [-0.15, -0.1) is 0 Å². The lowest BCUT2D eigenvalue weighted by Crippen LogP contribution is -2.42. The van der Waals surface area contributed by atoms with Crippen LogP contribution in [0.25, 0.3) is 0 Å². The van der Waals surface area contributed by atoms with Gasteiger partial charge in [-0.25, -0.2) is 15.0 Å². The molecular formula is C21H24F5N5O. The first kappa shape index (κ1) is 23.8. The summed E-state index contributed by atoms with van der Waals surface area (Å²) in [5, 5.41) is 2.80. The summed E-state index contributed by atoms with van der Waals surface area (Å²) in [6, 6.07) is 3.33. The molecule has 0 aromatic carbocycles. The Morgan fingerprint density at radius 3 is 2.62 bits per heavy atom. The monoisotopic (exact) mass is 457 g/mol. The van der Waals surface area contributed by atoms with Crippen LogP contribution < -0.4 is 5.32 Å². The summed E-state index contributed by atoms with van der Waals surface area (Å²) >= 11 is 0. The van der Waals surface area contributed by atoms with Crippen molar-refractivity contribution < 1.29 is 26.7 Å². The van der Waals surface area contributed by atoms with Crippen molar-refractivity contribution >= 4 is 17.5 Å². The van der Waals surface area contributed by atoms with Crippen molar-refractivity contribution in [3.05, 3.63) is 41.5 Å². The largest absolute Gasteiger partial charge is 0.416 e. The van der Waals surface area contributed by atoms with E-state index in [4.69, 9.17) is 0 Å². The Morgan fingerprint density at radius 1 is 1.22 bits per heavy atom. The van der Waals surface area contributed by atoms with Crippen LogP contribution >= 0.6 is 0 Å². The molecule has 0 spiro atoms. The van der Waals surface area contributed by atoms with Crippen LogP contribution in [0, 0.1) is 5.92 Å². The number of alkyl halides is 5. The van der Waals surface area contributed by atoms with Gasteiger partial charge in [-0.1, -0.05) is 13.8 Å². The van der Waals surface area contributed by atoms with Crippen molar-refractivity contribution in [1.29, 1.82) is 0 Å². The van der Waals surface area contributed by atoms with E-state index in [1.54, 1.807) is 6.07 Å². The molecule has 1 amide bonds. The fourth-order valence-electron chi connectivity index (χ4n) is 3.61. The van der Waals surface area contributed by atoms with E-state index in [0.29, 0.717) is 30.8 Å². The van der Waals surface area contributed by atoms with Crippen molar-refractivity contribution in [3.8, 4) is 0 Å². The van der Waals surface area contributed by atoms with Gasteiger partial charge < -0.3 is 10.2 Å². The van der Waals surface area contributed by atoms with Crippen LogP contribution in [0.1, 0.15) is 49.7 Å². The zero-order valence-electron chi connectivity index (χ0n) is 17.7. The predicted molar refractivity (Wildman–Crippen MR) is 108 cm³/mol. The molecule has 0 bridgehead atoms. The number of piperidine rings is 1. The van der Waals surface area contributed by atoms with Crippen molar-refractivity contribution in [3.63, 3.8) is 0 Å². The number of amides is 1. The summed E-state index contributed by atoms with van der Waals surface area (Å²) in [4.78, 5) is 25.7. The Balaban J connectivity index is 1.89. The first-order valence-corrected chi connectivity index (χ1v) is 10.3. The van der Waals surface area contributed by atoms with Crippen molar-refractivity contribution in [2.75, 3.05) is 18.4 Å². The van der Waals surface area contributed by atoms with E-state index in [2.05, 4.69) is 20.3 Å². The maximum absolute atomic E-state index is 13.0. The van der Waals surface area contributed by atoms with Gasteiger partial charge in [0.05, 0.1) is 11.3 Å². The van der Waals surface area contributed by atoms with E-state index in [-0.39, 0.29) is 36.6 Å². The number of nitrogens with zero attached hydrogens (tertiary/aromatic N) is 4. The van der Waals surface area contributed by atoms with E-state index in [0.717, 1.165) is 23.2 Å². The summed E-state index contributed by atoms with van der Waals surface area (Å²) < 4.78 is 64.8. The highest BCUT2D eigenvalue weighted by molar-refractivity contribution is 5.79. The molecule has 0 aliphatic carbocycles. The van der Waals surface area contributed by atoms with E-state index >= 15 is 0 Å². The summed E-state index contributed by atoms with van der Waals surface area (Å²) in [5.41, 5.74) is -0.294. The molecule has 2 aromatic rings. The van der Waals surface area contributed by atoms with Crippen LogP contribution in [-0.2, 0) is 17.4 Å². The van der Waals surface area contributed by atoms with Crippen LogP contribution in [0.3, 0.4) is 0 Å². The van der Waals surface area contributed by atoms with E-state index in [1.807, 2.05) is 13.8 Å². The Bertz CT molecular complexity index is 950. The third kappa shape index (κ3) is 6.10. The maximum atomic E-state index is 13.0. The van der Waals surface area contributed by atoms with Crippen LogP contribution in [0.2, 0.25) is 0 Å². The molecule has 3 rings (SSSR count). The number of pyridine rings is 1. The summed E-state index contributed by atoms with van der Waals surface area (Å²) in [6.07, 6.45) is -4.82. The summed E-state index contributed by atoms with van der Waals surface area (Å²) in [5.74, 6) is -0.571. The second-order valence-corrected chi connectivity index (χ2v) is 8.17. The molecule has 1 aliphatic rings. The van der Waals surface area contributed by atoms with Gasteiger partial charge in [-0.2, -0.15) is 22.0 Å². The Kier molecular flexibility index (Phi) is 7.25. The number of rotatable bonds is 6. The smallest absolute Gasteiger partial charge is 0.337 e. The molecule has 3 heterocycles. The number of hydrogen-bond acceptors (Lipinski definition) is 5. The summed E-state index contributed by atoms with van der Waals surface area (Å²) in [6.45, 7) is 4.30. The molecule has 1 saturated heterocycles. The van der Waals surface area contributed by atoms with Gasteiger partial charge in [0.15, 0.2) is 0 Å². The molecule has 0 saturated carbocycles. The maximum Gasteiger partial charge on any atom is 0.416 e. The number of aromatic nitrogens is 3. The van der Waals surface area contributed by atoms with Gasteiger partial charge >= 0.3 is 12.6 Å². The Morgan fingerprint density at radius 2 is 1.97 bits per heavy atom. The Labute approximate surface area is 182 Å². The molecule has 11 heteroatoms. The molecule has 1 unspecified atom stereocenters.